The zero-order chi connectivity index (χ0) is 20.5. The predicted molar refractivity (Wildman–Crippen MR) is 116 cm³/mol. The fourth-order valence-corrected chi connectivity index (χ4v) is 5.12. The molecule has 0 spiro atoms. The van der Waals surface area contributed by atoms with Crippen molar-refractivity contribution in [2.75, 3.05) is 0 Å². The number of aliphatic hydroxyl groups excluding tert-OH is 2. The highest BCUT2D eigenvalue weighted by Crippen LogP contribution is 2.35. The van der Waals surface area contributed by atoms with E-state index in [1.807, 2.05) is 12.2 Å². The summed E-state index contributed by atoms with van der Waals surface area (Å²) in [6, 6.07) is 2.12. The fraction of sp³-hybridized carbons (Fsp3) is 0.591. The van der Waals surface area contributed by atoms with Crippen LogP contribution in [0.3, 0.4) is 0 Å². The molecule has 0 radical (unpaired) electrons. The van der Waals surface area contributed by atoms with E-state index >= 15 is 0 Å². The summed E-state index contributed by atoms with van der Waals surface area (Å²) in [7, 11) is 0. The van der Waals surface area contributed by atoms with Crippen molar-refractivity contribution < 1.29 is 20.1 Å². The van der Waals surface area contributed by atoms with Crippen molar-refractivity contribution in [1.29, 1.82) is 0 Å². The van der Waals surface area contributed by atoms with Crippen molar-refractivity contribution >= 4 is 33.2 Å². The molecule has 1 fully saturated rings. The van der Waals surface area contributed by atoms with Crippen LogP contribution in [0.4, 0.5) is 0 Å². The molecule has 0 aromatic carbocycles. The fourth-order valence-electron chi connectivity index (χ4n) is 3.51. The molecule has 6 heteroatoms. The number of allylic oxidation sites excluding steroid dienone is 1. The van der Waals surface area contributed by atoms with Crippen LogP contribution in [-0.4, -0.2) is 33.5 Å². The molecule has 1 aromatic rings. The van der Waals surface area contributed by atoms with E-state index in [4.69, 9.17) is 5.11 Å². The zero-order valence-corrected chi connectivity index (χ0v) is 18.6. The van der Waals surface area contributed by atoms with E-state index in [2.05, 4.69) is 40.8 Å². The van der Waals surface area contributed by atoms with Gasteiger partial charge in [0.2, 0.25) is 0 Å². The van der Waals surface area contributed by atoms with Crippen LogP contribution in [-0.2, 0) is 11.2 Å². The zero-order valence-electron chi connectivity index (χ0n) is 16.2. The molecule has 0 amide bonds. The second-order valence-corrected chi connectivity index (χ2v) is 9.58. The van der Waals surface area contributed by atoms with Gasteiger partial charge in [-0.3, -0.25) is 4.79 Å². The molecule has 1 aliphatic rings. The van der Waals surface area contributed by atoms with Crippen LogP contribution < -0.4 is 0 Å². The van der Waals surface area contributed by atoms with Gasteiger partial charge in [0.1, 0.15) is 0 Å². The number of aliphatic hydroxyl groups is 2. The van der Waals surface area contributed by atoms with E-state index in [0.29, 0.717) is 25.7 Å². The molecule has 4 nitrogen and oxygen atoms in total. The van der Waals surface area contributed by atoms with Crippen LogP contribution in [0.25, 0.3) is 0 Å². The van der Waals surface area contributed by atoms with Crippen molar-refractivity contribution in [1.82, 2.24) is 0 Å². The lowest BCUT2D eigenvalue weighted by Crippen LogP contribution is -2.18. The molecule has 0 aliphatic heterocycles. The number of aryl methyl sites for hydroxylation is 2. The number of hydrogen-bond donors (Lipinski definition) is 3. The van der Waals surface area contributed by atoms with Gasteiger partial charge in [-0.25, -0.2) is 0 Å². The van der Waals surface area contributed by atoms with Gasteiger partial charge in [0.15, 0.2) is 0 Å². The minimum absolute atomic E-state index is 0.0892. The molecule has 1 heterocycles. The minimum Gasteiger partial charge on any atom is -0.481 e. The molecule has 3 N–H and O–H groups in total. The van der Waals surface area contributed by atoms with Gasteiger partial charge in [-0.15, -0.1) is 23.2 Å². The lowest BCUT2D eigenvalue weighted by Gasteiger charge is -2.17. The molecule has 1 unspecified atom stereocenters. The minimum atomic E-state index is -0.793. The first kappa shape index (κ1) is 23.2. The third-order valence-corrected chi connectivity index (χ3v) is 7.37. The Bertz CT molecular complexity index is 711. The molecule has 4 atom stereocenters. The second-order valence-electron chi connectivity index (χ2n) is 7.39. The third kappa shape index (κ3) is 7.71. The van der Waals surface area contributed by atoms with E-state index < -0.39 is 12.1 Å². The van der Waals surface area contributed by atoms with E-state index in [1.54, 1.807) is 11.3 Å². The monoisotopic (exact) mass is 468 g/mol. The van der Waals surface area contributed by atoms with Gasteiger partial charge in [0.25, 0.3) is 0 Å². The molecule has 154 valence electrons. The SMILES string of the molecule is Cc1sc(CC[C@H](O)C=C[C@H]2CCC(O)[C@@H]2CC#CCCCC(=O)O)cc1Br. The van der Waals surface area contributed by atoms with Crippen LogP contribution in [0.15, 0.2) is 22.7 Å². The van der Waals surface area contributed by atoms with Gasteiger partial charge in [0, 0.05) is 39.4 Å². The predicted octanol–water partition coefficient (Wildman–Crippen LogP) is 4.70. The summed E-state index contributed by atoms with van der Waals surface area (Å²) in [4.78, 5) is 13.0. The summed E-state index contributed by atoms with van der Waals surface area (Å²) >= 11 is 5.28. The van der Waals surface area contributed by atoms with Gasteiger partial charge in [-0.05, 0) is 66.9 Å². The molecule has 28 heavy (non-hydrogen) atoms. The van der Waals surface area contributed by atoms with Gasteiger partial charge in [0.05, 0.1) is 12.2 Å². The smallest absolute Gasteiger partial charge is 0.303 e. The summed E-state index contributed by atoms with van der Waals surface area (Å²) < 4.78 is 1.13. The Labute approximate surface area is 179 Å². The Morgan fingerprint density at radius 1 is 1.43 bits per heavy atom. The van der Waals surface area contributed by atoms with Crippen LogP contribution in [0.5, 0.6) is 0 Å². The van der Waals surface area contributed by atoms with Crippen molar-refractivity contribution in [3.63, 3.8) is 0 Å². The molecular weight excluding hydrogens is 440 g/mol. The van der Waals surface area contributed by atoms with Crippen LogP contribution in [0, 0.1) is 30.6 Å². The summed E-state index contributed by atoms with van der Waals surface area (Å²) in [6.07, 6.45) is 8.18. The van der Waals surface area contributed by atoms with Crippen molar-refractivity contribution in [2.24, 2.45) is 11.8 Å². The second kappa shape index (κ2) is 11.8. The quantitative estimate of drug-likeness (QED) is 0.278. The van der Waals surface area contributed by atoms with E-state index in [-0.39, 0.29) is 24.4 Å². The number of carboxylic acid groups (broad SMARTS) is 1. The van der Waals surface area contributed by atoms with Crippen LogP contribution >= 0.6 is 27.3 Å². The highest BCUT2D eigenvalue weighted by molar-refractivity contribution is 9.10. The Kier molecular flexibility index (Phi) is 9.73. The highest BCUT2D eigenvalue weighted by atomic mass is 79.9. The topological polar surface area (TPSA) is 77.8 Å². The molecule has 0 bridgehead atoms. The van der Waals surface area contributed by atoms with Gasteiger partial charge in [-0.1, -0.05) is 12.2 Å². The Morgan fingerprint density at radius 2 is 2.21 bits per heavy atom. The average Bonchev–Trinajstić information content (AvgIpc) is 3.16. The Balaban J connectivity index is 1.78. The molecular formula is C22H29BrO4S. The van der Waals surface area contributed by atoms with Gasteiger partial charge < -0.3 is 15.3 Å². The molecule has 1 aromatic heterocycles. The third-order valence-electron chi connectivity index (χ3n) is 5.17. The summed E-state index contributed by atoms with van der Waals surface area (Å²) in [5.41, 5.74) is 0. The summed E-state index contributed by atoms with van der Waals surface area (Å²) in [6.45, 7) is 2.08. The lowest BCUT2D eigenvalue weighted by molar-refractivity contribution is -0.137. The number of carbonyl (C=O) groups is 1. The van der Waals surface area contributed by atoms with Crippen molar-refractivity contribution in [3.8, 4) is 11.8 Å². The average molecular weight is 469 g/mol. The van der Waals surface area contributed by atoms with Gasteiger partial charge in [-0.2, -0.15) is 0 Å². The first-order valence-corrected chi connectivity index (χ1v) is 11.4. The van der Waals surface area contributed by atoms with Crippen LogP contribution in [0.1, 0.15) is 54.7 Å². The summed E-state index contributed by atoms with van der Waals surface area (Å²) in [5.74, 6) is 5.65. The maximum atomic E-state index is 10.5. The number of thiophene rings is 1. The number of aliphatic carboxylic acids is 1. The standard InChI is InChI=1S/C22H29BrO4S/c1-15-20(23)14-18(28-15)12-11-17(24)10-8-16-9-13-21(25)19(16)6-4-2-3-5-7-22(26)27/h8,10,14,16-17,19,21,24-25H,3,5-7,9,11-13H2,1H3,(H,26,27)/t16-,17+,19+,21?/m0/s1. The Morgan fingerprint density at radius 3 is 2.89 bits per heavy atom. The normalized spacial score (nSPS) is 22.9. The molecule has 2 rings (SSSR count). The highest BCUT2D eigenvalue weighted by Gasteiger charge is 2.32. The summed E-state index contributed by atoms with van der Waals surface area (Å²) in [5, 5.41) is 29.1. The number of unbranched alkanes of at least 4 members (excludes halogenated alkanes) is 1. The van der Waals surface area contributed by atoms with Crippen LogP contribution in [0.2, 0.25) is 0 Å². The van der Waals surface area contributed by atoms with Gasteiger partial charge >= 0.3 is 5.97 Å². The first-order valence-electron chi connectivity index (χ1n) is 9.83. The first-order chi connectivity index (χ1) is 13.4. The van der Waals surface area contributed by atoms with Crippen molar-refractivity contribution in [2.45, 2.75) is 70.5 Å². The van der Waals surface area contributed by atoms with E-state index in [0.717, 1.165) is 23.7 Å². The maximum absolute atomic E-state index is 10.5. The molecule has 1 aliphatic carbocycles. The maximum Gasteiger partial charge on any atom is 0.303 e. The molecule has 1 saturated carbocycles. The number of rotatable bonds is 9. The largest absolute Gasteiger partial charge is 0.481 e. The lowest BCUT2D eigenvalue weighted by atomic mass is 9.91. The molecule has 0 saturated heterocycles. The number of carboxylic acids is 1. The Hall–Kier alpha value is -1.13. The number of halogens is 1. The van der Waals surface area contributed by atoms with E-state index in [1.165, 1.54) is 9.75 Å². The number of hydrogen-bond acceptors (Lipinski definition) is 4. The van der Waals surface area contributed by atoms with E-state index in [9.17, 15) is 15.0 Å². The van der Waals surface area contributed by atoms with Crippen molar-refractivity contribution in [3.05, 3.63) is 32.4 Å².